The van der Waals surface area contributed by atoms with Crippen molar-refractivity contribution in [3.05, 3.63) is 71.8 Å². The van der Waals surface area contributed by atoms with Crippen molar-refractivity contribution in [1.29, 1.82) is 0 Å². The van der Waals surface area contributed by atoms with Crippen molar-refractivity contribution >= 4 is 6.08 Å². The van der Waals surface area contributed by atoms with Gasteiger partial charge in [0.2, 0.25) is 0 Å². The number of hydrogen-bond acceptors (Lipinski definition) is 2. The summed E-state index contributed by atoms with van der Waals surface area (Å²) in [6.07, 6.45) is 4.60. The molecule has 0 unspecified atom stereocenters. The first-order valence-electron chi connectivity index (χ1n) is 6.39. The molecule has 19 heavy (non-hydrogen) atoms. The molecule has 1 saturated heterocycles. The molecule has 2 aromatic rings. The van der Waals surface area contributed by atoms with Crippen molar-refractivity contribution in [2.24, 2.45) is 0 Å². The SMILES string of the molecule is COc1ccc([C@H]2O[C@@H]2/C=C/c2ccccc2)cc1. The smallest absolute Gasteiger partial charge is 0.118 e. The van der Waals surface area contributed by atoms with Gasteiger partial charge in [0.15, 0.2) is 0 Å². The van der Waals surface area contributed by atoms with Crippen molar-refractivity contribution in [2.75, 3.05) is 7.11 Å². The van der Waals surface area contributed by atoms with Crippen LogP contribution in [-0.4, -0.2) is 13.2 Å². The van der Waals surface area contributed by atoms with Crippen LogP contribution in [0.5, 0.6) is 5.75 Å². The lowest BCUT2D eigenvalue weighted by atomic mass is 10.1. The third kappa shape index (κ3) is 2.85. The number of hydrogen-bond donors (Lipinski definition) is 0. The van der Waals surface area contributed by atoms with Gasteiger partial charge in [0, 0.05) is 0 Å². The van der Waals surface area contributed by atoms with E-state index in [-0.39, 0.29) is 12.2 Å². The molecule has 2 nitrogen and oxygen atoms in total. The Labute approximate surface area is 113 Å². The molecule has 0 N–H and O–H groups in total. The largest absolute Gasteiger partial charge is 0.497 e. The van der Waals surface area contributed by atoms with Crippen molar-refractivity contribution in [3.8, 4) is 5.75 Å². The van der Waals surface area contributed by atoms with E-state index in [0.29, 0.717) is 0 Å². The highest BCUT2D eigenvalue weighted by atomic mass is 16.6. The summed E-state index contributed by atoms with van der Waals surface area (Å²) < 4.78 is 10.8. The summed E-state index contributed by atoms with van der Waals surface area (Å²) >= 11 is 0. The van der Waals surface area contributed by atoms with Crippen molar-refractivity contribution < 1.29 is 9.47 Å². The predicted octanol–water partition coefficient (Wildman–Crippen LogP) is 3.85. The molecular weight excluding hydrogens is 236 g/mol. The molecule has 0 radical (unpaired) electrons. The van der Waals surface area contributed by atoms with Crippen LogP contribution >= 0.6 is 0 Å². The summed E-state index contributed by atoms with van der Waals surface area (Å²) in [5.74, 6) is 0.876. The molecule has 2 atom stereocenters. The monoisotopic (exact) mass is 252 g/mol. The molecule has 0 aromatic heterocycles. The van der Waals surface area contributed by atoms with Crippen molar-refractivity contribution in [2.45, 2.75) is 12.2 Å². The quantitative estimate of drug-likeness (QED) is 0.771. The first kappa shape index (κ1) is 12.0. The van der Waals surface area contributed by atoms with E-state index in [0.717, 1.165) is 5.75 Å². The second-order valence-corrected chi connectivity index (χ2v) is 4.56. The Hall–Kier alpha value is -2.06. The summed E-state index contributed by atoms with van der Waals surface area (Å²) in [5, 5.41) is 0. The molecule has 0 spiro atoms. The van der Waals surface area contributed by atoms with Crippen LogP contribution in [0.4, 0.5) is 0 Å². The fourth-order valence-corrected chi connectivity index (χ4v) is 2.10. The van der Waals surface area contributed by atoms with Gasteiger partial charge in [-0.15, -0.1) is 0 Å². The third-order valence-corrected chi connectivity index (χ3v) is 3.25. The summed E-state index contributed by atoms with van der Waals surface area (Å²) in [7, 11) is 1.67. The lowest BCUT2D eigenvalue weighted by Gasteiger charge is -1.99. The van der Waals surface area contributed by atoms with Crippen molar-refractivity contribution in [1.82, 2.24) is 0 Å². The maximum atomic E-state index is 5.67. The van der Waals surface area contributed by atoms with Crippen LogP contribution in [-0.2, 0) is 4.74 Å². The van der Waals surface area contributed by atoms with Crippen molar-refractivity contribution in [3.63, 3.8) is 0 Å². The van der Waals surface area contributed by atoms with Gasteiger partial charge in [0.05, 0.1) is 7.11 Å². The Morgan fingerprint density at radius 2 is 1.74 bits per heavy atom. The number of ether oxygens (including phenoxy) is 2. The first-order chi connectivity index (χ1) is 9.36. The third-order valence-electron chi connectivity index (χ3n) is 3.25. The molecule has 0 saturated carbocycles. The minimum atomic E-state index is 0.186. The average molecular weight is 252 g/mol. The van der Waals surface area contributed by atoms with Gasteiger partial charge < -0.3 is 9.47 Å². The maximum Gasteiger partial charge on any atom is 0.118 e. The van der Waals surface area contributed by atoms with E-state index in [1.165, 1.54) is 11.1 Å². The van der Waals surface area contributed by atoms with Gasteiger partial charge in [-0.05, 0) is 23.3 Å². The lowest BCUT2D eigenvalue weighted by molar-refractivity contribution is 0.393. The van der Waals surface area contributed by atoms with Gasteiger partial charge in [-0.25, -0.2) is 0 Å². The number of methoxy groups -OCH3 is 1. The molecule has 3 rings (SSSR count). The van der Waals surface area contributed by atoms with Crippen LogP contribution < -0.4 is 4.74 Å². The molecule has 0 amide bonds. The topological polar surface area (TPSA) is 21.8 Å². The Kier molecular flexibility index (Phi) is 3.34. The Balaban J connectivity index is 1.63. The molecule has 1 aliphatic heterocycles. The first-order valence-corrected chi connectivity index (χ1v) is 6.39. The minimum absolute atomic E-state index is 0.186. The van der Waals surface area contributed by atoms with Gasteiger partial charge in [-0.3, -0.25) is 0 Å². The zero-order chi connectivity index (χ0) is 13.1. The van der Waals surface area contributed by atoms with E-state index >= 15 is 0 Å². The second kappa shape index (κ2) is 5.29. The molecule has 96 valence electrons. The fourth-order valence-electron chi connectivity index (χ4n) is 2.10. The molecule has 2 aromatic carbocycles. The van der Waals surface area contributed by atoms with Crippen LogP contribution in [0.2, 0.25) is 0 Å². The number of epoxide rings is 1. The van der Waals surface area contributed by atoms with E-state index in [1.54, 1.807) is 7.11 Å². The Bertz CT molecular complexity index is 558. The van der Waals surface area contributed by atoms with Crippen LogP contribution in [0.15, 0.2) is 60.7 Å². The van der Waals surface area contributed by atoms with Crippen LogP contribution in [0.25, 0.3) is 6.08 Å². The van der Waals surface area contributed by atoms with Gasteiger partial charge in [0.25, 0.3) is 0 Å². The molecule has 1 aliphatic rings. The summed E-state index contributed by atoms with van der Waals surface area (Å²) in [4.78, 5) is 0. The molecule has 0 bridgehead atoms. The average Bonchev–Trinajstić information content (AvgIpc) is 3.26. The van der Waals surface area contributed by atoms with E-state index in [1.807, 2.05) is 30.3 Å². The second-order valence-electron chi connectivity index (χ2n) is 4.56. The van der Waals surface area contributed by atoms with Gasteiger partial charge in [-0.2, -0.15) is 0 Å². The van der Waals surface area contributed by atoms with Gasteiger partial charge >= 0.3 is 0 Å². The molecule has 1 fully saturated rings. The summed E-state index contributed by atoms with van der Waals surface area (Å²) in [5.41, 5.74) is 2.40. The molecule has 1 heterocycles. The minimum Gasteiger partial charge on any atom is -0.497 e. The standard InChI is InChI=1S/C17H16O2/c1-18-15-10-8-14(9-11-15)17-16(19-17)12-7-13-5-3-2-4-6-13/h2-12,16-17H,1H3/b12-7+/t16-,17-/m1/s1. The Morgan fingerprint density at radius 3 is 2.42 bits per heavy atom. The van der Waals surface area contributed by atoms with Gasteiger partial charge in [-0.1, -0.05) is 54.6 Å². The van der Waals surface area contributed by atoms with Crippen LogP contribution in [0.1, 0.15) is 17.2 Å². The fraction of sp³-hybridized carbons (Fsp3) is 0.176. The van der Waals surface area contributed by atoms with E-state index < -0.39 is 0 Å². The highest BCUT2D eigenvalue weighted by molar-refractivity contribution is 5.50. The van der Waals surface area contributed by atoms with E-state index in [2.05, 4.69) is 36.4 Å². The van der Waals surface area contributed by atoms with Crippen LogP contribution in [0, 0.1) is 0 Å². The highest BCUT2D eigenvalue weighted by Crippen LogP contribution is 2.40. The number of benzene rings is 2. The number of rotatable bonds is 4. The normalized spacial score (nSPS) is 21.5. The zero-order valence-electron chi connectivity index (χ0n) is 10.8. The predicted molar refractivity (Wildman–Crippen MR) is 76.1 cm³/mol. The van der Waals surface area contributed by atoms with E-state index in [9.17, 15) is 0 Å². The van der Waals surface area contributed by atoms with Crippen LogP contribution in [0.3, 0.4) is 0 Å². The summed E-state index contributed by atoms with van der Waals surface area (Å²) in [6.45, 7) is 0. The van der Waals surface area contributed by atoms with E-state index in [4.69, 9.17) is 9.47 Å². The molecule has 0 aliphatic carbocycles. The summed E-state index contributed by atoms with van der Waals surface area (Å²) in [6, 6.07) is 18.3. The molecule has 2 heteroatoms. The maximum absolute atomic E-state index is 5.67. The molecular formula is C17H16O2. The highest BCUT2D eigenvalue weighted by Gasteiger charge is 2.37. The van der Waals surface area contributed by atoms with Gasteiger partial charge in [0.1, 0.15) is 18.0 Å². The zero-order valence-corrected chi connectivity index (χ0v) is 10.8. The lowest BCUT2D eigenvalue weighted by Crippen LogP contribution is -1.86. The Morgan fingerprint density at radius 1 is 1.00 bits per heavy atom.